The van der Waals surface area contributed by atoms with Gasteiger partial charge in [-0.2, -0.15) is 0 Å². The molecule has 0 radical (unpaired) electrons. The number of carbonyl (C=O) groups is 1. The van der Waals surface area contributed by atoms with Crippen LogP contribution in [0.2, 0.25) is 0 Å². The van der Waals surface area contributed by atoms with E-state index in [2.05, 4.69) is 10.1 Å². The van der Waals surface area contributed by atoms with Crippen LogP contribution in [-0.4, -0.2) is 32.8 Å². The maximum Gasteiger partial charge on any atom is 0.340 e. The SMILES string of the molecule is COC(=O)c1cccc2c1NCC(C)(C)S2(=O)=O. The van der Waals surface area contributed by atoms with E-state index < -0.39 is 20.6 Å². The second kappa shape index (κ2) is 3.98. The second-order valence-corrected chi connectivity index (χ2v) is 7.34. The molecule has 0 aliphatic carbocycles. The number of hydrogen-bond donors (Lipinski definition) is 1. The smallest absolute Gasteiger partial charge is 0.340 e. The molecule has 1 aromatic carbocycles. The molecule has 1 N–H and O–H groups in total. The standard InChI is InChI=1S/C12H15NO4S/c1-12(2)7-13-10-8(11(14)17-3)5-4-6-9(10)18(12,15)16/h4-6,13H,7H2,1-3H3. The molecule has 2 rings (SSSR count). The van der Waals surface area contributed by atoms with E-state index in [1.165, 1.54) is 13.2 Å². The van der Waals surface area contributed by atoms with E-state index in [1.807, 2.05) is 0 Å². The molecule has 6 heteroatoms. The fraction of sp³-hybridized carbons (Fsp3) is 0.417. The van der Waals surface area contributed by atoms with Gasteiger partial charge in [0.2, 0.25) is 0 Å². The highest BCUT2D eigenvalue weighted by atomic mass is 32.2. The van der Waals surface area contributed by atoms with Gasteiger partial charge >= 0.3 is 5.97 Å². The highest BCUT2D eigenvalue weighted by molar-refractivity contribution is 7.93. The van der Waals surface area contributed by atoms with Crippen LogP contribution in [0.3, 0.4) is 0 Å². The number of esters is 1. The Morgan fingerprint density at radius 3 is 2.67 bits per heavy atom. The van der Waals surface area contributed by atoms with Gasteiger partial charge in [0.25, 0.3) is 0 Å². The number of methoxy groups -OCH3 is 1. The topological polar surface area (TPSA) is 72.5 Å². The Balaban J connectivity index is 2.69. The fourth-order valence-electron chi connectivity index (χ4n) is 1.91. The molecular formula is C12H15NO4S. The summed E-state index contributed by atoms with van der Waals surface area (Å²) in [6.45, 7) is 3.57. The van der Waals surface area contributed by atoms with Gasteiger partial charge in [-0.3, -0.25) is 0 Å². The molecule has 0 saturated heterocycles. The van der Waals surface area contributed by atoms with E-state index in [0.29, 0.717) is 5.69 Å². The Kier molecular flexibility index (Phi) is 2.85. The van der Waals surface area contributed by atoms with Gasteiger partial charge in [0.15, 0.2) is 9.84 Å². The van der Waals surface area contributed by atoms with Crippen molar-refractivity contribution in [3.8, 4) is 0 Å². The van der Waals surface area contributed by atoms with Crippen molar-refractivity contribution in [2.45, 2.75) is 23.5 Å². The third-order valence-electron chi connectivity index (χ3n) is 3.14. The molecule has 0 amide bonds. The second-order valence-electron chi connectivity index (χ2n) is 4.79. The summed E-state index contributed by atoms with van der Waals surface area (Å²) in [4.78, 5) is 11.8. The van der Waals surface area contributed by atoms with E-state index in [4.69, 9.17) is 0 Å². The quantitative estimate of drug-likeness (QED) is 0.781. The Hall–Kier alpha value is -1.56. The monoisotopic (exact) mass is 269 g/mol. The summed E-state index contributed by atoms with van der Waals surface area (Å²) in [5, 5.41) is 3.01. The van der Waals surface area contributed by atoms with Crippen LogP contribution in [0.5, 0.6) is 0 Å². The zero-order valence-corrected chi connectivity index (χ0v) is 11.3. The first-order chi connectivity index (χ1) is 8.31. The lowest BCUT2D eigenvalue weighted by Crippen LogP contribution is -2.43. The van der Waals surface area contributed by atoms with Gasteiger partial charge in [0.05, 0.1) is 28.0 Å². The molecule has 0 spiro atoms. The summed E-state index contributed by atoms with van der Waals surface area (Å²) < 4.78 is 28.5. The van der Waals surface area contributed by atoms with Crippen LogP contribution in [0.15, 0.2) is 23.1 Å². The molecule has 1 aromatic rings. The normalized spacial score (nSPS) is 19.5. The summed E-state index contributed by atoms with van der Waals surface area (Å²) >= 11 is 0. The van der Waals surface area contributed by atoms with Crippen molar-refractivity contribution in [2.75, 3.05) is 19.0 Å². The molecule has 0 fully saturated rings. The highest BCUT2D eigenvalue weighted by Crippen LogP contribution is 2.37. The van der Waals surface area contributed by atoms with Gasteiger partial charge in [-0.25, -0.2) is 13.2 Å². The van der Waals surface area contributed by atoms with Crippen molar-refractivity contribution in [1.82, 2.24) is 0 Å². The number of nitrogens with one attached hydrogen (secondary N) is 1. The molecule has 18 heavy (non-hydrogen) atoms. The molecule has 1 heterocycles. The van der Waals surface area contributed by atoms with Crippen LogP contribution >= 0.6 is 0 Å². The first-order valence-electron chi connectivity index (χ1n) is 5.51. The van der Waals surface area contributed by atoms with Crippen LogP contribution < -0.4 is 5.32 Å². The van der Waals surface area contributed by atoms with Crippen molar-refractivity contribution in [3.63, 3.8) is 0 Å². The lowest BCUT2D eigenvalue weighted by atomic mass is 10.1. The Morgan fingerprint density at radius 1 is 1.39 bits per heavy atom. The highest BCUT2D eigenvalue weighted by Gasteiger charge is 2.41. The number of rotatable bonds is 1. The van der Waals surface area contributed by atoms with Gasteiger partial charge in [0.1, 0.15) is 0 Å². The summed E-state index contributed by atoms with van der Waals surface area (Å²) in [5.74, 6) is -0.547. The first kappa shape index (κ1) is 12.9. The molecule has 1 aliphatic rings. The van der Waals surface area contributed by atoms with E-state index in [1.54, 1.807) is 26.0 Å². The molecule has 0 bridgehead atoms. The third-order valence-corrected chi connectivity index (χ3v) is 5.66. The average Bonchev–Trinajstić information content (AvgIpc) is 2.33. The van der Waals surface area contributed by atoms with Gasteiger partial charge in [0, 0.05) is 6.54 Å². The van der Waals surface area contributed by atoms with Crippen molar-refractivity contribution in [2.24, 2.45) is 0 Å². The molecule has 0 unspecified atom stereocenters. The Morgan fingerprint density at radius 2 is 2.06 bits per heavy atom. The number of sulfone groups is 1. The Labute approximate surface area is 106 Å². The number of hydrogen-bond acceptors (Lipinski definition) is 5. The lowest BCUT2D eigenvalue weighted by molar-refractivity contribution is 0.0601. The molecule has 0 aromatic heterocycles. The fourth-order valence-corrected chi connectivity index (χ4v) is 3.48. The van der Waals surface area contributed by atoms with E-state index >= 15 is 0 Å². The van der Waals surface area contributed by atoms with Crippen LogP contribution in [0.1, 0.15) is 24.2 Å². The van der Waals surface area contributed by atoms with Gasteiger partial charge in [-0.05, 0) is 26.0 Å². The van der Waals surface area contributed by atoms with Crippen molar-refractivity contribution in [1.29, 1.82) is 0 Å². The number of carbonyl (C=O) groups excluding carboxylic acids is 1. The minimum Gasteiger partial charge on any atom is -0.465 e. The third kappa shape index (κ3) is 1.68. The predicted molar refractivity (Wildman–Crippen MR) is 67.5 cm³/mol. The van der Waals surface area contributed by atoms with Crippen LogP contribution in [-0.2, 0) is 14.6 Å². The lowest BCUT2D eigenvalue weighted by Gasteiger charge is -2.32. The molecule has 5 nitrogen and oxygen atoms in total. The van der Waals surface area contributed by atoms with E-state index in [0.717, 1.165) is 0 Å². The minimum atomic E-state index is -3.45. The number of benzene rings is 1. The van der Waals surface area contributed by atoms with Crippen LogP contribution in [0.4, 0.5) is 5.69 Å². The summed E-state index contributed by atoms with van der Waals surface area (Å²) in [7, 11) is -2.19. The van der Waals surface area contributed by atoms with Crippen molar-refractivity contribution >= 4 is 21.5 Å². The maximum absolute atomic E-state index is 12.4. The number of anilines is 1. The summed E-state index contributed by atoms with van der Waals surface area (Å²) in [5.41, 5.74) is 0.581. The van der Waals surface area contributed by atoms with Crippen LogP contribution in [0, 0.1) is 0 Å². The summed E-state index contributed by atoms with van der Waals surface area (Å²) in [6, 6.07) is 4.60. The number of ether oxygens (including phenoxy) is 1. The van der Waals surface area contributed by atoms with Crippen LogP contribution in [0.25, 0.3) is 0 Å². The van der Waals surface area contributed by atoms with Crippen molar-refractivity contribution in [3.05, 3.63) is 23.8 Å². The minimum absolute atomic E-state index is 0.154. The molecule has 98 valence electrons. The number of fused-ring (bicyclic) bond motifs is 1. The molecule has 1 aliphatic heterocycles. The molecule has 0 saturated carbocycles. The van der Waals surface area contributed by atoms with Crippen molar-refractivity contribution < 1.29 is 17.9 Å². The zero-order valence-electron chi connectivity index (χ0n) is 10.5. The first-order valence-corrected chi connectivity index (χ1v) is 6.99. The summed E-state index contributed by atoms with van der Waals surface area (Å²) in [6.07, 6.45) is 0. The maximum atomic E-state index is 12.4. The Bertz CT molecular complexity index is 605. The zero-order chi connectivity index (χ0) is 13.6. The molecular weight excluding hydrogens is 254 g/mol. The largest absolute Gasteiger partial charge is 0.465 e. The van der Waals surface area contributed by atoms with Gasteiger partial charge in [-0.15, -0.1) is 0 Å². The van der Waals surface area contributed by atoms with E-state index in [-0.39, 0.29) is 17.0 Å². The predicted octanol–water partition coefficient (Wildman–Crippen LogP) is 1.45. The van der Waals surface area contributed by atoms with Gasteiger partial charge < -0.3 is 10.1 Å². The molecule has 0 atom stereocenters. The number of para-hydroxylation sites is 1. The van der Waals surface area contributed by atoms with E-state index in [9.17, 15) is 13.2 Å². The van der Waals surface area contributed by atoms with Gasteiger partial charge in [-0.1, -0.05) is 6.07 Å². The average molecular weight is 269 g/mol.